The number of nitrogens with one attached hydrogen (secondary N) is 3. The van der Waals surface area contributed by atoms with Crippen LogP contribution in [0.2, 0.25) is 0 Å². The summed E-state index contributed by atoms with van der Waals surface area (Å²) in [6.45, 7) is 17.9. The van der Waals surface area contributed by atoms with Crippen molar-refractivity contribution < 1.29 is 19.7 Å². The third-order valence-electron chi connectivity index (χ3n) is 10.6. The number of anilines is 4. The van der Waals surface area contributed by atoms with Crippen LogP contribution in [0, 0.1) is 0 Å². The van der Waals surface area contributed by atoms with E-state index in [0.717, 1.165) is 59.6 Å². The number of imidazole rings is 2. The first-order valence-corrected chi connectivity index (χ1v) is 23.2. The highest BCUT2D eigenvalue weighted by Gasteiger charge is 2.42. The molecule has 12 nitrogen and oxygen atoms in total. The number of benzene rings is 2. The molecule has 0 aliphatic carbocycles. The average molecular weight is 963 g/mol. The fourth-order valence-electron chi connectivity index (χ4n) is 7.79. The highest BCUT2D eigenvalue weighted by Crippen LogP contribution is 2.40. The summed E-state index contributed by atoms with van der Waals surface area (Å²) >= 11 is 0. The molecular weight excluding hydrogens is 923 g/mol. The standard InChI is InChI=1S/C18H4.C14H18N4O3.C14H18N4O.B18/c1-3-5-7-9-11-13-15-17-18-16-14-12-10-8-6-4-2;1-14(2)8-18(7-11-6-15-9-16-11)12-5-10(17-21-19)3-4-13(12)20-14;1-14(2)8-18(7-11-6-16-9-17-11)12-5-10(15)3-4-13(12)19-14;1-11(2)16(12(3)4)18(15(9)10)17(13(5)6)14(7)8/h1-2H2;3-6,9,17,19H,7-8H2,1-2H3,(H,15,16);3-6,9H,7-8,15H2,1-2H3,(H,16,17);. The van der Waals surface area contributed by atoms with Crippen molar-refractivity contribution >= 4 is 151 Å². The predicted molar refractivity (Wildman–Crippen MR) is 324 cm³/mol. The number of H-pyrrole nitrogens is 2. The molecule has 0 unspecified atom stereocenters. The van der Waals surface area contributed by atoms with Crippen LogP contribution in [0.5, 0.6) is 11.5 Å². The molecular formula is C46H40B18N8O4. The summed E-state index contributed by atoms with van der Waals surface area (Å²) in [7, 11) is 56.7. The Morgan fingerprint density at radius 3 is 1.28 bits per heavy atom. The molecule has 0 amide bonds. The van der Waals surface area contributed by atoms with Gasteiger partial charge < -0.3 is 35.0 Å². The monoisotopic (exact) mass is 966 g/mol. The summed E-state index contributed by atoms with van der Waals surface area (Å²) in [5.74, 6) is 1.68. The lowest BCUT2D eigenvalue weighted by Gasteiger charge is -2.40. The highest BCUT2D eigenvalue weighted by atomic mass is 17.2. The number of nitrogens with two attached hydrogens (primary N) is 1. The first-order valence-electron chi connectivity index (χ1n) is 23.2. The minimum atomic E-state index is -0.853. The smallest absolute Gasteiger partial charge is 0.143 e. The second-order valence-corrected chi connectivity index (χ2v) is 17.9. The lowest BCUT2D eigenvalue weighted by molar-refractivity contribution is -0.215. The van der Waals surface area contributed by atoms with Crippen molar-refractivity contribution in [3.63, 3.8) is 0 Å². The van der Waals surface area contributed by atoms with E-state index in [1.54, 1.807) is 24.9 Å². The lowest BCUT2D eigenvalue weighted by Crippen LogP contribution is -2.78. The first kappa shape index (κ1) is 63.3. The van der Waals surface area contributed by atoms with Gasteiger partial charge in [-0.05, 0) is 157 Å². The van der Waals surface area contributed by atoms with Crippen molar-refractivity contribution in [2.24, 2.45) is 0 Å². The Hall–Kier alpha value is -7.03. The second kappa shape index (κ2) is 32.4. The normalized spacial score (nSPS) is 11.8. The van der Waals surface area contributed by atoms with Crippen LogP contribution in [0.15, 0.2) is 166 Å². The molecule has 20 radical (unpaired) electrons. The molecule has 30 heteroatoms. The van der Waals surface area contributed by atoms with Gasteiger partial charge in [0.1, 0.15) is 22.7 Å². The van der Waals surface area contributed by atoms with Gasteiger partial charge in [-0.15, -0.1) is 4.99 Å². The molecule has 2 aliphatic heterocycles. The van der Waals surface area contributed by atoms with Crippen molar-refractivity contribution in [2.45, 2.75) is 52.0 Å². The molecule has 2 aromatic heterocycles. The third kappa shape index (κ3) is 22.0. The molecule has 6 N–H and O–H groups in total. The van der Waals surface area contributed by atoms with E-state index in [9.17, 15) is 0 Å². The van der Waals surface area contributed by atoms with Crippen molar-refractivity contribution in [1.29, 1.82) is 0 Å². The molecule has 342 valence electrons. The molecule has 6 rings (SSSR count). The molecule has 0 atom stereocenters. The van der Waals surface area contributed by atoms with E-state index in [1.165, 1.54) is 0 Å². The molecule has 0 fully saturated rings. The Balaban J connectivity index is 0.000000268. The van der Waals surface area contributed by atoms with E-state index in [4.69, 9.17) is 97.8 Å². The van der Waals surface area contributed by atoms with Crippen LogP contribution in [0.4, 0.5) is 22.7 Å². The highest BCUT2D eigenvalue weighted by molar-refractivity contribution is 8.17. The Bertz CT molecular complexity index is 3050. The quantitative estimate of drug-likeness (QED) is 0.0433. The zero-order valence-corrected chi connectivity index (χ0v) is 42.9. The summed E-state index contributed by atoms with van der Waals surface area (Å²) in [6.07, 6.45) is 0.969. The van der Waals surface area contributed by atoms with Gasteiger partial charge in [0, 0.05) is 147 Å². The van der Waals surface area contributed by atoms with Crippen molar-refractivity contribution in [3.05, 3.63) is 178 Å². The molecule has 0 saturated heterocycles. The number of hydrogen-bond donors (Lipinski definition) is 5. The minimum absolute atomic E-state index is 0.219. The number of ether oxygens (including phenoxy) is 2. The topological polar surface area (TPSA) is 150 Å². The van der Waals surface area contributed by atoms with Gasteiger partial charge in [0.25, 0.3) is 0 Å². The Morgan fingerprint density at radius 1 is 0.592 bits per heavy atom. The van der Waals surface area contributed by atoms with Crippen LogP contribution in [0.25, 0.3) is 0 Å². The van der Waals surface area contributed by atoms with E-state index in [-0.39, 0.29) is 11.2 Å². The molecule has 0 saturated carbocycles. The zero-order valence-electron chi connectivity index (χ0n) is 42.9. The number of aromatic amines is 2. The maximum Gasteiger partial charge on any atom is 0.143 e. The van der Waals surface area contributed by atoms with Crippen LogP contribution >= 0.6 is 0 Å². The molecule has 2 aromatic carbocycles. The number of aromatic nitrogens is 4. The Labute approximate surface area is 463 Å². The third-order valence-corrected chi connectivity index (χ3v) is 10.6. The number of nitrogens with zero attached hydrogens (tertiary/aromatic N) is 4. The Kier molecular flexibility index (Phi) is 27.0. The van der Waals surface area contributed by atoms with Gasteiger partial charge in [0.2, 0.25) is 0 Å². The average Bonchev–Trinajstić information content (AvgIpc) is 4.07. The van der Waals surface area contributed by atoms with Gasteiger partial charge in [-0.25, -0.2) is 20.7 Å². The Morgan fingerprint density at radius 2 is 0.947 bits per heavy atom. The zero-order chi connectivity index (χ0) is 56.3. The van der Waals surface area contributed by atoms with Crippen molar-refractivity contribution in [1.82, 2.24) is 19.9 Å². The van der Waals surface area contributed by atoms with E-state index in [0.29, 0.717) is 12.2 Å². The molecule has 0 spiro atoms. The summed E-state index contributed by atoms with van der Waals surface area (Å²) in [5, 5.41) is 8.51. The fourth-order valence-corrected chi connectivity index (χ4v) is 7.79. The van der Waals surface area contributed by atoms with Gasteiger partial charge in [-0.2, -0.15) is 0 Å². The van der Waals surface area contributed by atoms with Crippen molar-refractivity contribution in [3.8, 4) is 11.5 Å². The summed E-state index contributed by atoms with van der Waals surface area (Å²) < 4.78 is 12.0. The SMILES string of the molecule is C=C=C=C=C=C=C=C=C=C=C=C=C=C=C=C=C=C.CC1(C)CN(Cc2cnc[nH]2)c2cc(N)ccc2O1.CC1(C)CN(Cc2cnc[nH]2)c2cc(NOO)ccc2O1.[B]B([B])B(B([B])[B])B(B([B])[B])B(B([B])[B])B([B])[B]. The van der Waals surface area contributed by atoms with Gasteiger partial charge in [0.05, 0.1) is 67.3 Å². The molecule has 76 heavy (non-hydrogen) atoms. The van der Waals surface area contributed by atoms with Gasteiger partial charge >= 0.3 is 0 Å². The number of rotatable bonds is 13. The molecule has 2 aliphatic rings. The van der Waals surface area contributed by atoms with Crippen LogP contribution in [0.1, 0.15) is 39.1 Å². The number of fused-ring (bicyclic) bond motifs is 2. The largest absolute Gasteiger partial charge is 0.484 e. The van der Waals surface area contributed by atoms with Gasteiger partial charge in [-0.1, -0.05) is 11.5 Å². The van der Waals surface area contributed by atoms with E-state index < -0.39 is 51.1 Å². The summed E-state index contributed by atoms with van der Waals surface area (Å²) in [4.78, 5) is 22.8. The van der Waals surface area contributed by atoms with Crippen LogP contribution in [0.3, 0.4) is 0 Å². The number of nitrogen functional groups attached to an aromatic ring is 1. The molecule has 0 bridgehead atoms. The fraction of sp³-hybridized carbons (Fsp3) is 0.217. The lowest BCUT2D eigenvalue weighted by atomic mass is 8.41. The van der Waals surface area contributed by atoms with Crippen molar-refractivity contribution in [2.75, 3.05) is 34.1 Å². The maximum atomic E-state index is 8.51. The van der Waals surface area contributed by atoms with Gasteiger partial charge in [0.15, 0.2) is 0 Å². The maximum absolute atomic E-state index is 8.51. The predicted octanol–water partition coefficient (Wildman–Crippen LogP) is 1.00. The minimum Gasteiger partial charge on any atom is -0.484 e. The number of hydrogen-bond acceptors (Lipinski definition) is 10. The van der Waals surface area contributed by atoms with Gasteiger partial charge in [-0.3, -0.25) is 0 Å². The summed E-state index contributed by atoms with van der Waals surface area (Å²) in [6, 6.07) is 11.3. The first-order chi connectivity index (χ1) is 36.1. The molecule has 4 aromatic rings. The second-order valence-electron chi connectivity index (χ2n) is 17.9. The molecule has 4 heterocycles. The van der Waals surface area contributed by atoms with E-state index >= 15 is 0 Å². The van der Waals surface area contributed by atoms with E-state index in [2.05, 4.69) is 173 Å². The van der Waals surface area contributed by atoms with Crippen LogP contribution in [-0.4, -0.2) is 178 Å². The van der Waals surface area contributed by atoms with E-state index in [1.807, 2.05) is 36.5 Å². The van der Waals surface area contributed by atoms with Crippen LogP contribution in [-0.2, 0) is 18.1 Å². The van der Waals surface area contributed by atoms with Crippen LogP contribution < -0.4 is 30.5 Å². The summed E-state index contributed by atoms with van der Waals surface area (Å²) in [5.41, 5.74) is 52.7.